The zero-order valence-corrected chi connectivity index (χ0v) is 14.3. The van der Waals surface area contributed by atoms with E-state index < -0.39 is 29.8 Å². The first-order chi connectivity index (χ1) is 12.1. The second kappa shape index (κ2) is 7.90. The highest BCUT2D eigenvalue weighted by molar-refractivity contribution is 5.92. The maximum atomic E-state index is 12.7. The molecule has 2 rings (SSSR count). The van der Waals surface area contributed by atoms with Gasteiger partial charge in [-0.3, -0.25) is 19.3 Å². The van der Waals surface area contributed by atoms with E-state index in [1.165, 1.54) is 6.07 Å². The van der Waals surface area contributed by atoms with Crippen LogP contribution in [0.1, 0.15) is 35.7 Å². The lowest BCUT2D eigenvalue weighted by atomic mass is 10.1. The summed E-state index contributed by atoms with van der Waals surface area (Å²) in [7, 11) is 0. The molecule has 1 fully saturated rings. The number of carbonyl (C=O) groups excluding carboxylic acids is 2. The molecule has 1 saturated heterocycles. The number of rotatable bonds is 6. The Morgan fingerprint density at radius 1 is 1.38 bits per heavy atom. The van der Waals surface area contributed by atoms with Gasteiger partial charge in [0.15, 0.2) is 0 Å². The Labute approximate surface area is 148 Å². The van der Waals surface area contributed by atoms with E-state index in [9.17, 15) is 27.6 Å². The van der Waals surface area contributed by atoms with Crippen molar-refractivity contribution in [2.75, 3.05) is 13.1 Å². The maximum absolute atomic E-state index is 12.7. The van der Waals surface area contributed by atoms with E-state index in [0.29, 0.717) is 29.6 Å². The molecule has 2 amide bonds. The molecule has 1 aromatic heterocycles. The maximum Gasteiger partial charge on any atom is 0.406 e. The van der Waals surface area contributed by atoms with Crippen molar-refractivity contribution in [2.45, 2.75) is 45.1 Å². The standard InChI is InChI=1S/C16H21F3N4O3/c1-2-13(24)21-11-3-4-22(8-11)6-10-5-12(14(20)25)15(26)23(7-10)9-16(17,18)19/h5,7,11H,2-4,6,8-9H2,1H3,(H2,20,25)(H,21,24)/t11-/m0/s1. The number of pyridine rings is 1. The predicted molar refractivity (Wildman–Crippen MR) is 87.4 cm³/mol. The van der Waals surface area contributed by atoms with Crippen LogP contribution in [-0.4, -0.2) is 46.6 Å². The summed E-state index contributed by atoms with van der Waals surface area (Å²) in [6.07, 6.45) is -2.40. The number of nitrogens with two attached hydrogens (primary N) is 1. The van der Waals surface area contributed by atoms with Gasteiger partial charge in [0, 0.05) is 38.3 Å². The second-order valence-electron chi connectivity index (χ2n) is 6.32. The summed E-state index contributed by atoms with van der Waals surface area (Å²) in [6, 6.07) is 1.20. The number of hydrogen-bond donors (Lipinski definition) is 2. The first kappa shape index (κ1) is 20.0. The number of primary amides is 1. The Morgan fingerprint density at radius 2 is 2.08 bits per heavy atom. The van der Waals surface area contributed by atoms with E-state index in [4.69, 9.17) is 5.73 Å². The lowest BCUT2D eigenvalue weighted by Crippen LogP contribution is -2.37. The third-order valence-corrected chi connectivity index (χ3v) is 4.12. The van der Waals surface area contributed by atoms with Gasteiger partial charge in [-0.2, -0.15) is 13.2 Å². The molecule has 0 spiro atoms. The summed E-state index contributed by atoms with van der Waals surface area (Å²) >= 11 is 0. The number of hydrogen-bond acceptors (Lipinski definition) is 4. The Bertz CT molecular complexity index is 745. The summed E-state index contributed by atoms with van der Waals surface area (Å²) in [5.74, 6) is -1.13. The van der Waals surface area contributed by atoms with Crippen molar-refractivity contribution >= 4 is 11.8 Å². The summed E-state index contributed by atoms with van der Waals surface area (Å²) in [5.41, 5.74) is 3.97. The van der Waals surface area contributed by atoms with Crippen LogP contribution in [-0.2, 0) is 17.9 Å². The molecule has 7 nitrogen and oxygen atoms in total. The minimum absolute atomic E-state index is 0.0286. The van der Waals surface area contributed by atoms with Gasteiger partial charge in [0.1, 0.15) is 12.1 Å². The molecule has 3 N–H and O–H groups in total. The number of nitrogens with one attached hydrogen (secondary N) is 1. The Balaban J connectivity index is 2.18. The number of nitrogens with zero attached hydrogens (tertiary/aromatic N) is 2. The SMILES string of the molecule is CCC(=O)N[C@H]1CCN(Cc2cc(C(N)=O)c(=O)n(CC(F)(F)F)c2)C1. The molecule has 0 aliphatic carbocycles. The molecule has 1 aliphatic rings. The van der Waals surface area contributed by atoms with E-state index in [1.54, 1.807) is 6.92 Å². The van der Waals surface area contributed by atoms with Gasteiger partial charge in [0.25, 0.3) is 11.5 Å². The lowest BCUT2D eigenvalue weighted by Gasteiger charge is -2.18. The highest BCUT2D eigenvalue weighted by Gasteiger charge is 2.30. The first-order valence-electron chi connectivity index (χ1n) is 8.20. The van der Waals surface area contributed by atoms with Crippen molar-refractivity contribution in [3.05, 3.63) is 33.7 Å². The van der Waals surface area contributed by atoms with Crippen LogP contribution in [0.5, 0.6) is 0 Å². The van der Waals surface area contributed by atoms with Crippen molar-refractivity contribution < 1.29 is 22.8 Å². The minimum Gasteiger partial charge on any atom is -0.365 e. The summed E-state index contributed by atoms with van der Waals surface area (Å²) < 4.78 is 38.5. The zero-order valence-electron chi connectivity index (χ0n) is 14.3. The van der Waals surface area contributed by atoms with Crippen LogP contribution in [0.15, 0.2) is 17.1 Å². The van der Waals surface area contributed by atoms with Crippen LogP contribution in [0.25, 0.3) is 0 Å². The number of halogens is 3. The molecule has 0 bridgehead atoms. The van der Waals surface area contributed by atoms with Gasteiger partial charge in [0.2, 0.25) is 5.91 Å². The Hall–Kier alpha value is -2.36. The van der Waals surface area contributed by atoms with E-state index >= 15 is 0 Å². The molecule has 0 radical (unpaired) electrons. The number of alkyl halides is 3. The van der Waals surface area contributed by atoms with Crippen molar-refractivity contribution in [3.8, 4) is 0 Å². The fourth-order valence-electron chi connectivity index (χ4n) is 2.95. The highest BCUT2D eigenvalue weighted by Crippen LogP contribution is 2.18. The van der Waals surface area contributed by atoms with Gasteiger partial charge >= 0.3 is 6.18 Å². The van der Waals surface area contributed by atoms with E-state index in [-0.39, 0.29) is 18.5 Å². The number of aromatic nitrogens is 1. The van der Waals surface area contributed by atoms with Crippen LogP contribution in [0.4, 0.5) is 13.2 Å². The molecule has 0 saturated carbocycles. The number of likely N-dealkylation sites (tertiary alicyclic amines) is 1. The Morgan fingerprint density at radius 3 is 2.65 bits per heavy atom. The van der Waals surface area contributed by atoms with E-state index in [1.807, 2.05) is 4.90 Å². The van der Waals surface area contributed by atoms with Gasteiger partial charge in [-0.15, -0.1) is 0 Å². The van der Waals surface area contributed by atoms with Gasteiger partial charge in [-0.05, 0) is 18.1 Å². The average molecular weight is 374 g/mol. The molecule has 10 heteroatoms. The minimum atomic E-state index is -4.60. The third kappa shape index (κ3) is 5.32. The number of amides is 2. The fraction of sp³-hybridized carbons (Fsp3) is 0.562. The average Bonchev–Trinajstić information content (AvgIpc) is 2.95. The third-order valence-electron chi connectivity index (χ3n) is 4.12. The summed E-state index contributed by atoms with van der Waals surface area (Å²) in [4.78, 5) is 36.8. The molecular formula is C16H21F3N4O3. The van der Waals surface area contributed by atoms with Crippen molar-refractivity contribution in [2.24, 2.45) is 5.73 Å². The zero-order chi connectivity index (χ0) is 19.5. The van der Waals surface area contributed by atoms with Gasteiger partial charge in [0.05, 0.1) is 0 Å². The monoisotopic (exact) mass is 374 g/mol. The van der Waals surface area contributed by atoms with Gasteiger partial charge in [-0.25, -0.2) is 0 Å². The molecule has 0 unspecified atom stereocenters. The fourth-order valence-corrected chi connectivity index (χ4v) is 2.95. The molecule has 0 aromatic carbocycles. The van der Waals surface area contributed by atoms with Crippen LogP contribution in [0.3, 0.4) is 0 Å². The van der Waals surface area contributed by atoms with E-state index in [0.717, 1.165) is 12.6 Å². The summed E-state index contributed by atoms with van der Waals surface area (Å²) in [5, 5.41) is 2.87. The lowest BCUT2D eigenvalue weighted by molar-refractivity contribution is -0.141. The number of carbonyl (C=O) groups is 2. The molecular weight excluding hydrogens is 353 g/mol. The Kier molecular flexibility index (Phi) is 6.06. The second-order valence-corrected chi connectivity index (χ2v) is 6.32. The van der Waals surface area contributed by atoms with Crippen LogP contribution < -0.4 is 16.6 Å². The first-order valence-corrected chi connectivity index (χ1v) is 8.20. The molecule has 2 heterocycles. The molecule has 144 valence electrons. The largest absolute Gasteiger partial charge is 0.406 e. The van der Waals surface area contributed by atoms with Crippen LogP contribution in [0.2, 0.25) is 0 Å². The highest BCUT2D eigenvalue weighted by atomic mass is 19.4. The topological polar surface area (TPSA) is 97.4 Å². The van der Waals surface area contributed by atoms with Crippen LogP contribution in [0, 0.1) is 0 Å². The van der Waals surface area contributed by atoms with Crippen LogP contribution >= 0.6 is 0 Å². The molecule has 1 atom stereocenters. The van der Waals surface area contributed by atoms with Crippen molar-refractivity contribution in [1.82, 2.24) is 14.8 Å². The van der Waals surface area contributed by atoms with E-state index in [2.05, 4.69) is 5.32 Å². The van der Waals surface area contributed by atoms with Gasteiger partial charge < -0.3 is 15.6 Å². The normalized spacial score (nSPS) is 18.1. The van der Waals surface area contributed by atoms with Crippen molar-refractivity contribution in [1.29, 1.82) is 0 Å². The predicted octanol–water partition coefficient (Wildman–Crippen LogP) is 0.610. The smallest absolute Gasteiger partial charge is 0.365 e. The molecule has 26 heavy (non-hydrogen) atoms. The summed E-state index contributed by atoms with van der Waals surface area (Å²) in [6.45, 7) is 1.68. The van der Waals surface area contributed by atoms with Gasteiger partial charge in [-0.1, -0.05) is 6.92 Å². The quantitative estimate of drug-likeness (QED) is 0.762. The van der Waals surface area contributed by atoms with Crippen molar-refractivity contribution in [3.63, 3.8) is 0 Å². The molecule has 1 aromatic rings. The molecule has 1 aliphatic heterocycles.